The summed E-state index contributed by atoms with van der Waals surface area (Å²) in [4.78, 5) is 17.6. The second kappa shape index (κ2) is 5.76. The molecule has 1 fully saturated rings. The van der Waals surface area contributed by atoms with E-state index < -0.39 is 5.91 Å². The Kier molecular flexibility index (Phi) is 3.57. The van der Waals surface area contributed by atoms with Crippen molar-refractivity contribution in [2.24, 2.45) is 5.73 Å². The van der Waals surface area contributed by atoms with E-state index in [0.29, 0.717) is 5.89 Å². The summed E-state index contributed by atoms with van der Waals surface area (Å²) in [5.41, 5.74) is 7.27. The molecule has 3 heterocycles. The number of para-hydroxylation sites is 1. The maximum atomic E-state index is 11.2. The lowest BCUT2D eigenvalue weighted by Crippen LogP contribution is -2.23. The van der Waals surface area contributed by atoms with Gasteiger partial charge in [-0.25, -0.2) is 0 Å². The third-order valence-electron chi connectivity index (χ3n) is 4.57. The molecule has 1 atom stereocenters. The van der Waals surface area contributed by atoms with E-state index in [-0.39, 0.29) is 11.9 Å². The molecule has 1 saturated heterocycles. The Balaban J connectivity index is 1.63. The normalized spacial score (nSPS) is 18.5. The number of hydrogen-bond donors (Lipinski definition) is 1. The first-order valence-corrected chi connectivity index (χ1v) is 7.98. The number of aryl methyl sites for hydroxylation is 1. The molecular formula is C17H18N4O3. The lowest BCUT2D eigenvalue weighted by molar-refractivity contribution is 0.0987. The lowest BCUT2D eigenvalue weighted by atomic mass is 10.1. The summed E-state index contributed by atoms with van der Waals surface area (Å²) in [6.07, 6.45) is 1.95. The van der Waals surface area contributed by atoms with Crippen molar-refractivity contribution in [3.8, 4) is 0 Å². The second-order valence-corrected chi connectivity index (χ2v) is 6.08. The second-order valence-electron chi connectivity index (χ2n) is 6.08. The molecule has 4 rings (SSSR count). The molecule has 0 aliphatic carbocycles. The zero-order valence-electron chi connectivity index (χ0n) is 13.4. The number of amides is 1. The first kappa shape index (κ1) is 14.9. The number of rotatable bonds is 4. The number of nitrogens with two attached hydrogens (primary N) is 1. The molecule has 3 aromatic rings. The predicted octanol–water partition coefficient (Wildman–Crippen LogP) is 2.56. The smallest absolute Gasteiger partial charge is 0.290 e. The molecule has 0 bridgehead atoms. The first-order chi connectivity index (χ1) is 11.6. The molecule has 7 heteroatoms. The van der Waals surface area contributed by atoms with Gasteiger partial charge in [0.15, 0.2) is 0 Å². The minimum absolute atomic E-state index is 0.00124. The van der Waals surface area contributed by atoms with Gasteiger partial charge < -0.3 is 14.7 Å². The van der Waals surface area contributed by atoms with Crippen molar-refractivity contribution in [1.29, 1.82) is 0 Å². The average Bonchev–Trinajstić information content (AvgIpc) is 3.27. The van der Waals surface area contributed by atoms with Crippen LogP contribution in [0, 0.1) is 6.92 Å². The maximum absolute atomic E-state index is 11.2. The van der Waals surface area contributed by atoms with Crippen LogP contribution in [0.3, 0.4) is 0 Å². The third-order valence-corrected chi connectivity index (χ3v) is 4.57. The fourth-order valence-corrected chi connectivity index (χ4v) is 3.39. The Labute approximate surface area is 138 Å². The predicted molar refractivity (Wildman–Crippen MR) is 86.2 cm³/mol. The molecule has 0 spiro atoms. The van der Waals surface area contributed by atoms with Crippen LogP contribution in [0.4, 0.5) is 0 Å². The zero-order chi connectivity index (χ0) is 16.7. The highest BCUT2D eigenvalue weighted by molar-refractivity contribution is 5.88. The van der Waals surface area contributed by atoms with Gasteiger partial charge in [-0.1, -0.05) is 23.4 Å². The maximum Gasteiger partial charge on any atom is 0.290 e. The van der Waals surface area contributed by atoms with Crippen molar-refractivity contribution < 1.29 is 13.7 Å². The monoisotopic (exact) mass is 326 g/mol. The zero-order valence-corrected chi connectivity index (χ0v) is 13.4. The summed E-state index contributed by atoms with van der Waals surface area (Å²) in [5.74, 6) is 0.630. The quantitative estimate of drug-likeness (QED) is 0.791. The summed E-state index contributed by atoms with van der Waals surface area (Å²) in [7, 11) is 0. The summed E-state index contributed by atoms with van der Waals surface area (Å²) < 4.78 is 11.1. The molecule has 2 N–H and O–H groups in total. The highest BCUT2D eigenvalue weighted by Crippen LogP contribution is 2.35. The molecule has 1 aliphatic heterocycles. The van der Waals surface area contributed by atoms with Crippen molar-refractivity contribution in [2.75, 3.05) is 6.54 Å². The number of likely N-dealkylation sites (tertiary alicyclic amines) is 1. The van der Waals surface area contributed by atoms with Gasteiger partial charge in [-0.15, -0.1) is 0 Å². The van der Waals surface area contributed by atoms with Crippen LogP contribution >= 0.6 is 0 Å². The van der Waals surface area contributed by atoms with Crippen molar-refractivity contribution >= 4 is 16.9 Å². The molecule has 7 nitrogen and oxygen atoms in total. The molecule has 0 radical (unpaired) electrons. The molecule has 1 aromatic carbocycles. The van der Waals surface area contributed by atoms with E-state index in [1.165, 1.54) is 5.56 Å². The standard InChI is InChI=1S/C17H18N4O3/c1-10-12(11-5-2-3-7-14(11)23-10)9-21-8-4-6-13(21)17-19-16(15(18)22)20-24-17/h2-3,5,7,13H,4,6,8-9H2,1H3,(H2,18,22)/t13-/m0/s1. The van der Waals surface area contributed by atoms with E-state index in [1.54, 1.807) is 0 Å². The van der Waals surface area contributed by atoms with E-state index in [0.717, 1.165) is 42.7 Å². The van der Waals surface area contributed by atoms with Gasteiger partial charge in [0.25, 0.3) is 11.7 Å². The van der Waals surface area contributed by atoms with E-state index in [9.17, 15) is 4.79 Å². The van der Waals surface area contributed by atoms with E-state index in [4.69, 9.17) is 14.7 Å². The molecule has 124 valence electrons. The average molecular weight is 326 g/mol. The van der Waals surface area contributed by atoms with Crippen LogP contribution in [0.2, 0.25) is 0 Å². The number of aromatic nitrogens is 2. The van der Waals surface area contributed by atoms with Crippen LogP contribution in [-0.4, -0.2) is 27.5 Å². The molecule has 1 amide bonds. The van der Waals surface area contributed by atoms with Gasteiger partial charge in [-0.2, -0.15) is 4.98 Å². The molecule has 0 saturated carbocycles. The Morgan fingerprint density at radius 3 is 3.04 bits per heavy atom. The summed E-state index contributed by atoms with van der Waals surface area (Å²) in [6, 6.07) is 8.03. The van der Waals surface area contributed by atoms with Crippen molar-refractivity contribution in [3.05, 3.63) is 47.3 Å². The van der Waals surface area contributed by atoms with E-state index in [1.807, 2.05) is 25.1 Å². The minimum Gasteiger partial charge on any atom is -0.461 e. The molecular weight excluding hydrogens is 308 g/mol. The minimum atomic E-state index is -0.675. The van der Waals surface area contributed by atoms with Gasteiger partial charge in [0.1, 0.15) is 11.3 Å². The van der Waals surface area contributed by atoms with Crippen LogP contribution in [0.1, 0.15) is 46.7 Å². The number of fused-ring (bicyclic) bond motifs is 1. The topological polar surface area (TPSA) is 98.4 Å². The Morgan fingerprint density at radius 2 is 2.25 bits per heavy atom. The fraction of sp³-hybridized carbons (Fsp3) is 0.353. The van der Waals surface area contributed by atoms with Crippen molar-refractivity contribution in [2.45, 2.75) is 32.4 Å². The number of benzene rings is 1. The molecule has 2 aromatic heterocycles. The Hall–Kier alpha value is -2.67. The first-order valence-electron chi connectivity index (χ1n) is 7.98. The van der Waals surface area contributed by atoms with Crippen LogP contribution in [0.15, 0.2) is 33.2 Å². The highest BCUT2D eigenvalue weighted by atomic mass is 16.5. The van der Waals surface area contributed by atoms with Gasteiger partial charge >= 0.3 is 0 Å². The van der Waals surface area contributed by atoms with Gasteiger partial charge in [-0.3, -0.25) is 9.69 Å². The van der Waals surface area contributed by atoms with Crippen LogP contribution in [0.25, 0.3) is 11.0 Å². The third kappa shape index (κ3) is 2.46. The van der Waals surface area contributed by atoms with Crippen LogP contribution < -0.4 is 5.73 Å². The van der Waals surface area contributed by atoms with Gasteiger partial charge in [0.2, 0.25) is 5.89 Å². The van der Waals surface area contributed by atoms with E-state index >= 15 is 0 Å². The number of carbonyl (C=O) groups excluding carboxylic acids is 1. The number of furan rings is 1. The van der Waals surface area contributed by atoms with Crippen LogP contribution in [0.5, 0.6) is 0 Å². The summed E-state index contributed by atoms with van der Waals surface area (Å²) in [6.45, 7) is 3.65. The molecule has 1 aliphatic rings. The summed E-state index contributed by atoms with van der Waals surface area (Å²) >= 11 is 0. The Bertz CT molecular complexity index is 898. The Morgan fingerprint density at radius 1 is 1.42 bits per heavy atom. The number of nitrogens with zero attached hydrogens (tertiary/aromatic N) is 3. The number of carbonyl (C=O) groups is 1. The highest BCUT2D eigenvalue weighted by Gasteiger charge is 2.32. The van der Waals surface area contributed by atoms with Crippen LogP contribution in [-0.2, 0) is 6.54 Å². The molecule has 0 unspecified atom stereocenters. The van der Waals surface area contributed by atoms with Gasteiger partial charge in [0.05, 0.1) is 6.04 Å². The summed E-state index contributed by atoms with van der Waals surface area (Å²) in [5, 5.41) is 4.78. The fourth-order valence-electron chi connectivity index (χ4n) is 3.39. The molecule has 24 heavy (non-hydrogen) atoms. The van der Waals surface area contributed by atoms with E-state index in [2.05, 4.69) is 21.1 Å². The van der Waals surface area contributed by atoms with Gasteiger partial charge in [0, 0.05) is 17.5 Å². The van der Waals surface area contributed by atoms with Gasteiger partial charge in [-0.05, 0) is 32.4 Å². The van der Waals surface area contributed by atoms with Crippen molar-refractivity contribution in [1.82, 2.24) is 15.0 Å². The number of primary amides is 1. The number of hydrogen-bond acceptors (Lipinski definition) is 6. The lowest BCUT2D eigenvalue weighted by Gasteiger charge is -2.21. The largest absolute Gasteiger partial charge is 0.461 e. The SMILES string of the molecule is Cc1oc2ccccc2c1CN1CCC[C@H]1c1nc(C(N)=O)no1. The van der Waals surface area contributed by atoms with Crippen molar-refractivity contribution in [3.63, 3.8) is 0 Å².